The molecule has 0 spiro atoms. The van der Waals surface area contributed by atoms with Crippen LogP contribution in [0.1, 0.15) is 33.1 Å². The molecule has 1 aromatic rings. The van der Waals surface area contributed by atoms with E-state index in [0.717, 1.165) is 42.7 Å². The van der Waals surface area contributed by atoms with E-state index >= 15 is 0 Å². The maximum atomic E-state index is 5.22. The van der Waals surface area contributed by atoms with Crippen LogP contribution in [-0.4, -0.2) is 27.9 Å². The molecule has 0 saturated heterocycles. The van der Waals surface area contributed by atoms with Crippen LogP contribution in [0.5, 0.6) is 0 Å². The number of hydrogen-bond acceptors (Lipinski definition) is 3. The van der Waals surface area contributed by atoms with Crippen molar-refractivity contribution in [3.05, 3.63) is 4.77 Å². The molecule has 1 aliphatic rings. The minimum Gasteiger partial charge on any atom is -0.341 e. The maximum Gasteiger partial charge on any atom is 0.225 e. The second-order valence-electron chi connectivity index (χ2n) is 4.46. The Kier molecular flexibility index (Phi) is 3.63. The molecule has 1 fully saturated rings. The van der Waals surface area contributed by atoms with E-state index in [9.17, 15) is 0 Å². The van der Waals surface area contributed by atoms with E-state index < -0.39 is 0 Å². The first-order valence-corrected chi connectivity index (χ1v) is 6.57. The van der Waals surface area contributed by atoms with Gasteiger partial charge in [0.05, 0.1) is 0 Å². The summed E-state index contributed by atoms with van der Waals surface area (Å²) in [5.41, 5.74) is 0. The molecule has 0 radical (unpaired) electrons. The quantitative estimate of drug-likeness (QED) is 0.777. The molecule has 2 rings (SSSR count). The molecule has 4 nitrogen and oxygen atoms in total. The number of rotatable bonds is 6. The second-order valence-corrected chi connectivity index (χ2v) is 4.85. The molecular formula is C11H20N4S. The summed E-state index contributed by atoms with van der Waals surface area (Å²) in [6.07, 6.45) is 3.89. The van der Waals surface area contributed by atoms with Crippen LogP contribution in [0.2, 0.25) is 0 Å². The van der Waals surface area contributed by atoms with Crippen molar-refractivity contribution >= 4 is 18.2 Å². The van der Waals surface area contributed by atoms with Gasteiger partial charge in [0.1, 0.15) is 0 Å². The van der Waals surface area contributed by atoms with Gasteiger partial charge in [0, 0.05) is 19.6 Å². The largest absolute Gasteiger partial charge is 0.341 e. The monoisotopic (exact) mass is 240 g/mol. The first-order valence-electron chi connectivity index (χ1n) is 6.16. The lowest BCUT2D eigenvalue weighted by Gasteiger charge is -2.22. The summed E-state index contributed by atoms with van der Waals surface area (Å²) < 4.78 is 2.81. The molecule has 16 heavy (non-hydrogen) atoms. The van der Waals surface area contributed by atoms with Crippen LogP contribution in [0, 0.1) is 10.7 Å². The molecule has 0 atom stereocenters. The number of nitrogens with one attached hydrogen (secondary N) is 1. The Morgan fingerprint density at radius 2 is 2.25 bits per heavy atom. The summed E-state index contributed by atoms with van der Waals surface area (Å²) in [4.78, 5) is 2.37. The Morgan fingerprint density at radius 1 is 1.50 bits per heavy atom. The van der Waals surface area contributed by atoms with Gasteiger partial charge in [0.2, 0.25) is 5.95 Å². The van der Waals surface area contributed by atoms with Crippen molar-refractivity contribution in [1.82, 2.24) is 14.8 Å². The third kappa shape index (κ3) is 2.45. The predicted molar refractivity (Wildman–Crippen MR) is 68.3 cm³/mol. The van der Waals surface area contributed by atoms with Gasteiger partial charge in [-0.3, -0.25) is 4.57 Å². The molecule has 1 saturated carbocycles. The van der Waals surface area contributed by atoms with Gasteiger partial charge < -0.3 is 4.90 Å². The summed E-state index contributed by atoms with van der Waals surface area (Å²) in [7, 11) is 0. The number of anilines is 1. The summed E-state index contributed by atoms with van der Waals surface area (Å²) >= 11 is 5.22. The first kappa shape index (κ1) is 11.6. The highest BCUT2D eigenvalue weighted by Gasteiger charge is 2.26. The Balaban J connectivity index is 2.18. The third-order valence-corrected chi connectivity index (χ3v) is 3.32. The fourth-order valence-electron chi connectivity index (χ4n) is 1.99. The highest BCUT2D eigenvalue weighted by molar-refractivity contribution is 7.71. The second kappa shape index (κ2) is 4.99. The summed E-state index contributed by atoms with van der Waals surface area (Å²) in [6, 6.07) is 0. The van der Waals surface area contributed by atoms with Crippen LogP contribution in [-0.2, 0) is 6.54 Å². The molecule has 0 unspecified atom stereocenters. The molecule has 1 aromatic heterocycles. The number of nitrogens with zero attached hydrogens (tertiary/aromatic N) is 3. The van der Waals surface area contributed by atoms with Crippen LogP contribution in [0.25, 0.3) is 0 Å². The lowest BCUT2D eigenvalue weighted by atomic mass is 10.3. The molecule has 0 bridgehead atoms. The van der Waals surface area contributed by atoms with Crippen molar-refractivity contribution in [3.63, 3.8) is 0 Å². The van der Waals surface area contributed by atoms with Gasteiger partial charge in [-0.1, -0.05) is 6.92 Å². The van der Waals surface area contributed by atoms with Gasteiger partial charge >= 0.3 is 0 Å². The predicted octanol–water partition coefficient (Wildman–Crippen LogP) is 2.59. The number of H-pyrrole nitrogens is 1. The van der Waals surface area contributed by atoms with Crippen LogP contribution in [0.15, 0.2) is 0 Å². The fourth-order valence-corrected chi connectivity index (χ4v) is 2.25. The number of aromatic amines is 1. The van der Waals surface area contributed by atoms with Crippen LogP contribution >= 0.6 is 12.2 Å². The highest BCUT2D eigenvalue weighted by Crippen LogP contribution is 2.31. The molecule has 1 aliphatic carbocycles. The van der Waals surface area contributed by atoms with Crippen molar-refractivity contribution in [3.8, 4) is 0 Å². The minimum atomic E-state index is 0.731. The van der Waals surface area contributed by atoms with E-state index in [1.807, 2.05) is 0 Å². The zero-order valence-electron chi connectivity index (χ0n) is 10.1. The van der Waals surface area contributed by atoms with Gasteiger partial charge in [0.15, 0.2) is 4.77 Å². The van der Waals surface area contributed by atoms with Crippen LogP contribution < -0.4 is 4.90 Å². The molecule has 1 heterocycles. The van der Waals surface area contributed by atoms with Crippen molar-refractivity contribution < 1.29 is 0 Å². The average Bonchev–Trinajstić information content (AvgIpc) is 3.00. The van der Waals surface area contributed by atoms with Crippen LogP contribution in [0.4, 0.5) is 5.95 Å². The molecule has 5 heteroatoms. The Morgan fingerprint density at radius 3 is 2.81 bits per heavy atom. The Bertz CT molecular complexity index is 391. The van der Waals surface area contributed by atoms with Crippen LogP contribution in [0.3, 0.4) is 0 Å². The lowest BCUT2D eigenvalue weighted by Crippen LogP contribution is -2.29. The Labute approximate surface area is 102 Å². The molecule has 0 aromatic carbocycles. The summed E-state index contributed by atoms with van der Waals surface area (Å²) in [6.45, 7) is 7.40. The maximum absolute atomic E-state index is 5.22. The van der Waals surface area contributed by atoms with E-state index in [4.69, 9.17) is 12.2 Å². The van der Waals surface area contributed by atoms with Gasteiger partial charge in [-0.15, -0.1) is 5.10 Å². The van der Waals surface area contributed by atoms with Crippen molar-refractivity contribution in [1.29, 1.82) is 0 Å². The van der Waals surface area contributed by atoms with E-state index in [1.54, 1.807) is 0 Å². The molecule has 0 aliphatic heterocycles. The molecule has 90 valence electrons. The zero-order valence-corrected chi connectivity index (χ0v) is 10.9. The number of aromatic nitrogens is 3. The summed E-state index contributed by atoms with van der Waals surface area (Å²) in [5, 5.41) is 7.25. The van der Waals surface area contributed by atoms with Gasteiger partial charge in [-0.25, -0.2) is 5.10 Å². The smallest absolute Gasteiger partial charge is 0.225 e. The van der Waals surface area contributed by atoms with Crippen molar-refractivity contribution in [2.45, 2.75) is 39.7 Å². The SMILES string of the molecule is CCCN(CC1CC1)c1n[nH]c(=S)n1CC. The normalized spacial score (nSPS) is 15.4. The minimum absolute atomic E-state index is 0.731. The fraction of sp³-hybridized carbons (Fsp3) is 0.818. The highest BCUT2D eigenvalue weighted by atomic mass is 32.1. The lowest BCUT2D eigenvalue weighted by molar-refractivity contribution is 0.649. The van der Waals surface area contributed by atoms with E-state index in [2.05, 4.69) is 33.5 Å². The zero-order chi connectivity index (χ0) is 11.5. The van der Waals surface area contributed by atoms with Gasteiger partial charge in [-0.2, -0.15) is 0 Å². The molecule has 0 amide bonds. The standard InChI is InChI=1S/C11H20N4S/c1-3-7-14(8-9-5-6-9)10-12-13-11(16)15(10)4-2/h9H,3-8H2,1-2H3,(H,13,16). The third-order valence-electron chi connectivity index (χ3n) is 3.01. The average molecular weight is 240 g/mol. The topological polar surface area (TPSA) is 36.9 Å². The van der Waals surface area contributed by atoms with Crippen molar-refractivity contribution in [2.24, 2.45) is 5.92 Å². The molecule has 1 N–H and O–H groups in total. The van der Waals surface area contributed by atoms with Gasteiger partial charge in [-0.05, 0) is 44.3 Å². The van der Waals surface area contributed by atoms with E-state index in [-0.39, 0.29) is 0 Å². The van der Waals surface area contributed by atoms with E-state index in [1.165, 1.54) is 12.8 Å². The number of hydrogen-bond donors (Lipinski definition) is 1. The first-order chi connectivity index (χ1) is 7.76. The van der Waals surface area contributed by atoms with Gasteiger partial charge in [0.25, 0.3) is 0 Å². The molecular weight excluding hydrogens is 220 g/mol. The van der Waals surface area contributed by atoms with Crippen molar-refractivity contribution in [2.75, 3.05) is 18.0 Å². The summed E-state index contributed by atoms with van der Waals surface area (Å²) in [5.74, 6) is 1.89. The Hall–Kier alpha value is -0.840. The van der Waals surface area contributed by atoms with E-state index in [0.29, 0.717) is 0 Å².